The molecule has 2 aromatic rings. The molecule has 0 saturated carbocycles. The Morgan fingerprint density at radius 1 is 1.50 bits per heavy atom. The van der Waals surface area contributed by atoms with Gasteiger partial charge in [0.05, 0.1) is 17.2 Å². The first kappa shape index (κ1) is 14.7. The van der Waals surface area contributed by atoms with Gasteiger partial charge in [-0.3, -0.25) is 4.79 Å². The van der Waals surface area contributed by atoms with Crippen molar-refractivity contribution in [2.75, 3.05) is 13.7 Å². The highest BCUT2D eigenvalue weighted by Gasteiger charge is 2.17. The Hall–Kier alpha value is -1.68. The van der Waals surface area contributed by atoms with Crippen molar-refractivity contribution in [1.29, 1.82) is 0 Å². The highest BCUT2D eigenvalue weighted by Crippen LogP contribution is 2.19. The molecule has 0 aliphatic carbocycles. The Morgan fingerprint density at radius 2 is 2.30 bits per heavy atom. The third kappa shape index (κ3) is 3.45. The summed E-state index contributed by atoms with van der Waals surface area (Å²) in [7, 11) is 1.75. The maximum atomic E-state index is 12.4. The molecule has 0 saturated heterocycles. The van der Waals surface area contributed by atoms with E-state index < -0.39 is 0 Å². The number of aryl methyl sites for hydroxylation is 1. The number of carbonyl (C=O) groups is 1. The van der Waals surface area contributed by atoms with Crippen LogP contribution in [0.5, 0.6) is 0 Å². The van der Waals surface area contributed by atoms with Gasteiger partial charge in [-0.25, -0.2) is 4.98 Å². The van der Waals surface area contributed by atoms with Crippen molar-refractivity contribution >= 4 is 28.6 Å². The van der Waals surface area contributed by atoms with E-state index in [9.17, 15) is 4.79 Å². The zero-order valence-corrected chi connectivity index (χ0v) is 12.8. The topological polar surface area (TPSA) is 53.4 Å². The molecule has 0 aromatic carbocycles. The third-order valence-corrected chi connectivity index (χ3v) is 4.30. The molecular weight excluding hydrogens is 292 g/mol. The van der Waals surface area contributed by atoms with Gasteiger partial charge in [-0.05, 0) is 18.4 Å². The molecule has 1 N–H and O–H groups in total. The van der Waals surface area contributed by atoms with Crippen LogP contribution in [-0.4, -0.2) is 34.6 Å². The first-order chi connectivity index (χ1) is 9.61. The monoisotopic (exact) mass is 306 g/mol. The van der Waals surface area contributed by atoms with Gasteiger partial charge < -0.3 is 10.0 Å². The van der Waals surface area contributed by atoms with E-state index in [0.717, 1.165) is 10.7 Å². The molecule has 0 radical (unpaired) electrons. The number of nitrogens with zero attached hydrogens (tertiary/aromatic N) is 2. The van der Waals surface area contributed by atoms with Gasteiger partial charge in [0.2, 0.25) is 0 Å². The minimum absolute atomic E-state index is 0.0760. The van der Waals surface area contributed by atoms with E-state index in [-0.39, 0.29) is 12.5 Å². The lowest BCUT2D eigenvalue weighted by Gasteiger charge is -2.15. The van der Waals surface area contributed by atoms with Crippen LogP contribution in [0.25, 0.3) is 0 Å². The number of thiophene rings is 1. The average Bonchev–Trinajstić information content (AvgIpc) is 3.04. The number of thiazole rings is 1. The Bertz CT molecular complexity index is 664. The van der Waals surface area contributed by atoms with Crippen molar-refractivity contribution < 1.29 is 9.90 Å². The number of aliphatic hydroxyl groups is 1. The Balaban J connectivity index is 2.12. The number of aromatic nitrogens is 1. The molecule has 0 spiro atoms. The van der Waals surface area contributed by atoms with E-state index in [1.807, 2.05) is 17.7 Å². The zero-order valence-electron chi connectivity index (χ0n) is 11.2. The fourth-order valence-electron chi connectivity index (χ4n) is 1.68. The van der Waals surface area contributed by atoms with E-state index >= 15 is 0 Å². The van der Waals surface area contributed by atoms with Gasteiger partial charge in [0.1, 0.15) is 11.5 Å². The van der Waals surface area contributed by atoms with E-state index in [0.29, 0.717) is 17.0 Å². The second-order valence-electron chi connectivity index (χ2n) is 4.14. The maximum Gasteiger partial charge on any atom is 0.265 e. The molecule has 0 aliphatic heterocycles. The summed E-state index contributed by atoms with van der Waals surface area (Å²) >= 11 is 2.93. The van der Waals surface area contributed by atoms with Crippen molar-refractivity contribution in [2.45, 2.75) is 13.5 Å². The van der Waals surface area contributed by atoms with Crippen molar-refractivity contribution in [3.05, 3.63) is 38.0 Å². The maximum absolute atomic E-state index is 12.4. The predicted octanol–water partition coefficient (Wildman–Crippen LogP) is 2.13. The average molecular weight is 306 g/mol. The number of hydrogen-bond acceptors (Lipinski definition) is 5. The predicted molar refractivity (Wildman–Crippen MR) is 80.9 cm³/mol. The molecular formula is C14H14N2O2S2. The van der Waals surface area contributed by atoms with E-state index in [4.69, 9.17) is 5.11 Å². The van der Waals surface area contributed by atoms with Crippen LogP contribution in [0.15, 0.2) is 16.8 Å². The second-order valence-corrected chi connectivity index (χ2v) is 6.12. The van der Waals surface area contributed by atoms with Crippen LogP contribution in [0.3, 0.4) is 0 Å². The van der Waals surface area contributed by atoms with Crippen LogP contribution < -0.4 is 0 Å². The fraction of sp³-hybridized carbons (Fsp3) is 0.286. The molecule has 2 rings (SSSR count). The molecule has 2 heterocycles. The molecule has 1 amide bonds. The van der Waals surface area contributed by atoms with Gasteiger partial charge in [0.25, 0.3) is 5.91 Å². The molecule has 6 heteroatoms. The number of hydrogen-bond donors (Lipinski definition) is 1. The molecule has 20 heavy (non-hydrogen) atoms. The highest BCUT2D eigenvalue weighted by molar-refractivity contribution is 7.12. The van der Waals surface area contributed by atoms with E-state index in [1.54, 1.807) is 29.4 Å². The molecule has 2 aromatic heterocycles. The number of carbonyl (C=O) groups excluding carboxylic acids is 1. The SMILES string of the molecule is Cc1nc(CN(C)C(=O)c2sccc2C#CCO)cs1. The number of aliphatic hydroxyl groups excluding tert-OH is 1. The first-order valence-electron chi connectivity index (χ1n) is 5.95. The van der Waals surface area contributed by atoms with Crippen molar-refractivity contribution in [3.8, 4) is 11.8 Å². The van der Waals surface area contributed by atoms with Crippen LogP contribution in [0.2, 0.25) is 0 Å². The normalized spacial score (nSPS) is 9.95. The van der Waals surface area contributed by atoms with Crippen molar-refractivity contribution in [1.82, 2.24) is 9.88 Å². The molecule has 0 unspecified atom stereocenters. The largest absolute Gasteiger partial charge is 0.384 e. The Labute approximate surface area is 125 Å². The number of amides is 1. The molecule has 0 aliphatic rings. The van der Waals surface area contributed by atoms with Crippen LogP contribution >= 0.6 is 22.7 Å². The Kier molecular flexibility index (Phi) is 4.90. The summed E-state index contributed by atoms with van der Waals surface area (Å²) < 4.78 is 0. The summed E-state index contributed by atoms with van der Waals surface area (Å²) in [5, 5.41) is 13.5. The van der Waals surface area contributed by atoms with Gasteiger partial charge in [0, 0.05) is 18.0 Å². The summed E-state index contributed by atoms with van der Waals surface area (Å²) in [6.07, 6.45) is 0. The fourth-order valence-corrected chi connectivity index (χ4v) is 3.12. The van der Waals surface area contributed by atoms with Crippen molar-refractivity contribution in [2.24, 2.45) is 0 Å². The second kappa shape index (κ2) is 6.66. The molecule has 0 atom stereocenters. The molecule has 0 fully saturated rings. The number of rotatable bonds is 3. The van der Waals surface area contributed by atoms with Gasteiger partial charge in [-0.2, -0.15) is 0 Å². The van der Waals surface area contributed by atoms with Gasteiger partial charge in [-0.15, -0.1) is 22.7 Å². The summed E-state index contributed by atoms with van der Waals surface area (Å²) in [6, 6.07) is 1.79. The lowest BCUT2D eigenvalue weighted by Crippen LogP contribution is -2.26. The van der Waals surface area contributed by atoms with Crippen LogP contribution in [0, 0.1) is 18.8 Å². The summed E-state index contributed by atoms with van der Waals surface area (Å²) in [5.74, 6) is 5.29. The lowest BCUT2D eigenvalue weighted by molar-refractivity contribution is 0.0788. The standard InChI is InChI=1S/C14H14N2O2S2/c1-10-15-12(9-20-10)8-16(2)14(18)13-11(4-3-6-17)5-7-19-13/h5,7,9,17H,6,8H2,1-2H3. The van der Waals surface area contributed by atoms with Crippen molar-refractivity contribution in [3.63, 3.8) is 0 Å². The van der Waals surface area contributed by atoms with Crippen LogP contribution in [0.1, 0.15) is 25.9 Å². The highest BCUT2D eigenvalue weighted by atomic mass is 32.1. The van der Waals surface area contributed by atoms with Gasteiger partial charge in [-0.1, -0.05) is 11.8 Å². The third-order valence-electron chi connectivity index (χ3n) is 2.57. The minimum Gasteiger partial charge on any atom is -0.384 e. The quantitative estimate of drug-likeness (QED) is 0.884. The molecule has 4 nitrogen and oxygen atoms in total. The zero-order chi connectivity index (χ0) is 14.5. The van der Waals surface area contributed by atoms with E-state index in [2.05, 4.69) is 16.8 Å². The van der Waals surface area contributed by atoms with Gasteiger partial charge in [0.15, 0.2) is 0 Å². The van der Waals surface area contributed by atoms with Gasteiger partial charge >= 0.3 is 0 Å². The van der Waals surface area contributed by atoms with Crippen LogP contribution in [0.4, 0.5) is 0 Å². The Morgan fingerprint density at radius 3 is 2.95 bits per heavy atom. The van der Waals surface area contributed by atoms with Crippen LogP contribution in [-0.2, 0) is 6.54 Å². The molecule has 104 valence electrons. The molecule has 0 bridgehead atoms. The summed E-state index contributed by atoms with van der Waals surface area (Å²) in [4.78, 5) is 19.0. The van der Waals surface area contributed by atoms with E-state index in [1.165, 1.54) is 11.3 Å². The lowest BCUT2D eigenvalue weighted by atomic mass is 10.2. The summed E-state index contributed by atoms with van der Waals surface area (Å²) in [6.45, 7) is 2.21. The minimum atomic E-state index is -0.211. The summed E-state index contributed by atoms with van der Waals surface area (Å²) in [5.41, 5.74) is 1.55. The first-order valence-corrected chi connectivity index (χ1v) is 7.71. The smallest absolute Gasteiger partial charge is 0.265 e.